The molecule has 0 unspecified atom stereocenters. The molecule has 7 nitrogen and oxygen atoms in total. The number of carbonyl (C=O) groups excluding carboxylic acids is 1. The fourth-order valence-electron chi connectivity index (χ4n) is 2.57. The van der Waals surface area contributed by atoms with Crippen LogP contribution in [0.3, 0.4) is 0 Å². The molecule has 0 aliphatic carbocycles. The number of aromatic nitrogens is 5. The minimum Gasteiger partial charge on any atom is -0.461 e. The predicted molar refractivity (Wildman–Crippen MR) is 106 cm³/mol. The number of hydrogen-bond donors (Lipinski definition) is 0. The lowest BCUT2D eigenvalue weighted by atomic mass is 10.2. The molecule has 4 aromatic rings. The largest absolute Gasteiger partial charge is 0.461 e. The predicted octanol–water partition coefficient (Wildman–Crippen LogP) is 3.71. The van der Waals surface area contributed by atoms with E-state index in [2.05, 4.69) is 20.4 Å². The van der Waals surface area contributed by atoms with Gasteiger partial charge in [-0.1, -0.05) is 60.7 Å². The number of rotatable bonds is 7. The molecule has 8 heteroatoms. The normalized spacial score (nSPS) is 10.7. The van der Waals surface area contributed by atoms with Crippen LogP contribution in [0.15, 0.2) is 66.0 Å². The highest BCUT2D eigenvalue weighted by Gasteiger charge is 2.13. The second kappa shape index (κ2) is 8.53. The summed E-state index contributed by atoms with van der Waals surface area (Å²) in [4.78, 5) is 18.0. The van der Waals surface area contributed by atoms with Crippen molar-refractivity contribution in [3.8, 4) is 22.0 Å². The van der Waals surface area contributed by atoms with Crippen LogP contribution in [-0.4, -0.2) is 37.8 Å². The summed E-state index contributed by atoms with van der Waals surface area (Å²) in [6.45, 7) is 0.776. The minimum absolute atomic E-state index is 0.263. The average Bonchev–Trinajstić information content (AvgIpc) is 3.42. The van der Waals surface area contributed by atoms with Crippen LogP contribution >= 0.6 is 11.3 Å². The number of tetrazole rings is 1. The molecule has 0 bridgehead atoms. The molecule has 2 heterocycles. The maximum absolute atomic E-state index is 12.2. The van der Waals surface area contributed by atoms with E-state index < -0.39 is 5.97 Å². The van der Waals surface area contributed by atoms with Crippen molar-refractivity contribution in [2.45, 2.75) is 13.0 Å². The Kier molecular flexibility index (Phi) is 5.48. The molecule has 2 aromatic carbocycles. The average molecular weight is 391 g/mol. The summed E-state index contributed by atoms with van der Waals surface area (Å²) < 4.78 is 5.31. The topological polar surface area (TPSA) is 82.8 Å². The van der Waals surface area contributed by atoms with E-state index in [9.17, 15) is 4.79 Å². The summed E-state index contributed by atoms with van der Waals surface area (Å²) in [6, 6.07) is 19.4. The molecule has 0 saturated heterocycles. The molecule has 0 fully saturated rings. The van der Waals surface area contributed by atoms with Crippen LogP contribution < -0.4 is 0 Å². The van der Waals surface area contributed by atoms with Gasteiger partial charge in [0.15, 0.2) is 5.69 Å². The number of benzene rings is 2. The fourth-order valence-corrected chi connectivity index (χ4v) is 3.36. The summed E-state index contributed by atoms with van der Waals surface area (Å²) in [5, 5.41) is 14.9. The van der Waals surface area contributed by atoms with Crippen molar-refractivity contribution in [3.63, 3.8) is 0 Å². The molecule has 140 valence electrons. The van der Waals surface area contributed by atoms with E-state index in [1.807, 2.05) is 60.7 Å². The SMILES string of the molecule is O=C(OCCCn1nnc(-c2ccccc2)n1)c1csc(-c2ccccc2)n1. The third kappa shape index (κ3) is 4.29. The first-order chi connectivity index (χ1) is 13.8. The van der Waals surface area contributed by atoms with Gasteiger partial charge in [0.1, 0.15) is 5.01 Å². The highest BCUT2D eigenvalue weighted by Crippen LogP contribution is 2.23. The Hall–Kier alpha value is -3.39. The monoisotopic (exact) mass is 391 g/mol. The Bertz CT molecular complexity index is 1050. The lowest BCUT2D eigenvalue weighted by Crippen LogP contribution is -2.10. The maximum atomic E-state index is 12.2. The third-order valence-electron chi connectivity index (χ3n) is 3.95. The van der Waals surface area contributed by atoms with Gasteiger partial charge in [-0.15, -0.1) is 21.5 Å². The maximum Gasteiger partial charge on any atom is 0.357 e. The Morgan fingerprint density at radius 1 is 1.00 bits per heavy atom. The molecule has 28 heavy (non-hydrogen) atoms. The van der Waals surface area contributed by atoms with Gasteiger partial charge < -0.3 is 4.74 Å². The zero-order valence-corrected chi connectivity index (χ0v) is 15.7. The van der Waals surface area contributed by atoms with Gasteiger partial charge in [0, 0.05) is 22.9 Å². The lowest BCUT2D eigenvalue weighted by Gasteiger charge is -2.02. The van der Waals surface area contributed by atoms with Gasteiger partial charge in [-0.25, -0.2) is 9.78 Å². The number of hydrogen-bond acceptors (Lipinski definition) is 7. The smallest absolute Gasteiger partial charge is 0.357 e. The van der Waals surface area contributed by atoms with E-state index in [-0.39, 0.29) is 6.61 Å². The number of esters is 1. The summed E-state index contributed by atoms with van der Waals surface area (Å²) >= 11 is 1.42. The summed E-state index contributed by atoms with van der Waals surface area (Å²) in [5.41, 5.74) is 2.23. The number of nitrogens with zero attached hydrogens (tertiary/aromatic N) is 5. The number of ether oxygens (including phenoxy) is 1. The van der Waals surface area contributed by atoms with E-state index >= 15 is 0 Å². The summed E-state index contributed by atoms with van der Waals surface area (Å²) in [7, 11) is 0. The quantitative estimate of drug-likeness (QED) is 0.353. The van der Waals surface area contributed by atoms with Gasteiger partial charge in [0.05, 0.1) is 13.2 Å². The van der Waals surface area contributed by atoms with E-state index in [0.29, 0.717) is 24.5 Å². The number of thiazole rings is 1. The van der Waals surface area contributed by atoms with Gasteiger partial charge in [0.2, 0.25) is 5.82 Å². The molecule has 0 saturated carbocycles. The Labute approximate surface area is 165 Å². The molecule has 0 radical (unpaired) electrons. The first-order valence-corrected chi connectivity index (χ1v) is 9.69. The fraction of sp³-hybridized carbons (Fsp3) is 0.150. The van der Waals surface area contributed by atoms with Crippen LogP contribution in [0.2, 0.25) is 0 Å². The summed E-state index contributed by atoms with van der Waals surface area (Å²) in [5.74, 6) is 0.156. The molecular weight excluding hydrogens is 374 g/mol. The minimum atomic E-state index is -0.421. The van der Waals surface area contributed by atoms with Crippen LogP contribution in [0.25, 0.3) is 22.0 Å². The van der Waals surface area contributed by atoms with Crippen molar-refractivity contribution in [3.05, 3.63) is 71.7 Å². The third-order valence-corrected chi connectivity index (χ3v) is 4.85. The first-order valence-electron chi connectivity index (χ1n) is 8.81. The molecule has 0 N–H and O–H groups in total. The van der Waals surface area contributed by atoms with Crippen molar-refractivity contribution in [2.75, 3.05) is 6.61 Å². The van der Waals surface area contributed by atoms with E-state index in [1.54, 1.807) is 5.38 Å². The Morgan fingerprint density at radius 3 is 2.46 bits per heavy atom. The second-order valence-corrected chi connectivity index (χ2v) is 6.83. The van der Waals surface area contributed by atoms with Gasteiger partial charge in [-0.2, -0.15) is 4.80 Å². The number of carbonyl (C=O) groups is 1. The molecule has 0 aliphatic rings. The number of aryl methyl sites for hydroxylation is 1. The van der Waals surface area contributed by atoms with Crippen molar-refractivity contribution >= 4 is 17.3 Å². The van der Waals surface area contributed by atoms with Crippen LogP contribution in [0.4, 0.5) is 0 Å². The van der Waals surface area contributed by atoms with E-state index in [0.717, 1.165) is 16.1 Å². The zero-order valence-electron chi connectivity index (χ0n) is 14.9. The molecule has 0 aliphatic heterocycles. The standard InChI is InChI=1S/C20H17N5O2S/c26-20(17-14-28-19(21-17)16-10-5-2-6-11-16)27-13-7-12-25-23-18(22-24-25)15-8-3-1-4-9-15/h1-6,8-11,14H,7,12-13H2. The first kappa shape index (κ1) is 18.0. The van der Waals surface area contributed by atoms with Crippen molar-refractivity contribution in [2.24, 2.45) is 0 Å². The zero-order chi connectivity index (χ0) is 19.2. The summed E-state index contributed by atoms with van der Waals surface area (Å²) in [6.07, 6.45) is 0.589. The van der Waals surface area contributed by atoms with Crippen LogP contribution in [0.1, 0.15) is 16.9 Å². The van der Waals surface area contributed by atoms with Crippen LogP contribution in [0.5, 0.6) is 0 Å². The molecule has 4 rings (SSSR count). The van der Waals surface area contributed by atoms with E-state index in [4.69, 9.17) is 4.74 Å². The highest BCUT2D eigenvalue weighted by atomic mass is 32.1. The van der Waals surface area contributed by atoms with Gasteiger partial charge in [0.25, 0.3) is 0 Å². The van der Waals surface area contributed by atoms with Crippen molar-refractivity contribution in [1.29, 1.82) is 0 Å². The Morgan fingerprint density at radius 2 is 1.71 bits per heavy atom. The molecule has 0 atom stereocenters. The van der Waals surface area contributed by atoms with Gasteiger partial charge >= 0.3 is 5.97 Å². The van der Waals surface area contributed by atoms with Gasteiger partial charge in [-0.05, 0) is 5.21 Å². The van der Waals surface area contributed by atoms with Crippen molar-refractivity contribution in [1.82, 2.24) is 25.2 Å². The molecule has 2 aromatic heterocycles. The molecule has 0 spiro atoms. The van der Waals surface area contributed by atoms with Crippen molar-refractivity contribution < 1.29 is 9.53 Å². The van der Waals surface area contributed by atoms with Gasteiger partial charge in [-0.3, -0.25) is 0 Å². The highest BCUT2D eigenvalue weighted by molar-refractivity contribution is 7.13. The van der Waals surface area contributed by atoms with E-state index in [1.165, 1.54) is 16.1 Å². The second-order valence-electron chi connectivity index (χ2n) is 5.97. The molecule has 0 amide bonds. The molecular formula is C20H17N5O2S. The Balaban J connectivity index is 1.26. The lowest BCUT2D eigenvalue weighted by molar-refractivity contribution is 0.0487. The van der Waals surface area contributed by atoms with Crippen LogP contribution in [0, 0.1) is 0 Å². The van der Waals surface area contributed by atoms with Crippen LogP contribution in [-0.2, 0) is 11.3 Å².